The Balaban J connectivity index is 2.49. The van der Waals surface area contributed by atoms with Gasteiger partial charge in [0.05, 0.1) is 11.9 Å². The van der Waals surface area contributed by atoms with Gasteiger partial charge in [-0.25, -0.2) is 9.66 Å². The SMILES string of the molecule is Cc1cn2c(n1)C=CC(C)C=N2. The van der Waals surface area contributed by atoms with Gasteiger partial charge in [0.15, 0.2) is 5.82 Å². The van der Waals surface area contributed by atoms with E-state index in [9.17, 15) is 0 Å². The van der Waals surface area contributed by atoms with Gasteiger partial charge in [0.25, 0.3) is 0 Å². The molecule has 2 rings (SSSR count). The van der Waals surface area contributed by atoms with Crippen LogP contribution in [0.5, 0.6) is 0 Å². The van der Waals surface area contributed by atoms with Gasteiger partial charge in [-0.05, 0) is 13.0 Å². The third-order valence-corrected chi connectivity index (χ3v) is 1.81. The maximum absolute atomic E-state index is 4.31. The van der Waals surface area contributed by atoms with Crippen molar-refractivity contribution in [2.75, 3.05) is 0 Å². The molecule has 1 unspecified atom stereocenters. The monoisotopic (exact) mass is 161 g/mol. The van der Waals surface area contributed by atoms with E-state index in [4.69, 9.17) is 0 Å². The van der Waals surface area contributed by atoms with Crippen LogP contribution in [0.3, 0.4) is 0 Å². The number of aryl methyl sites for hydroxylation is 1. The highest BCUT2D eigenvalue weighted by Gasteiger charge is 2.04. The highest BCUT2D eigenvalue weighted by molar-refractivity contribution is 5.66. The molecule has 2 heterocycles. The summed E-state index contributed by atoms with van der Waals surface area (Å²) in [6, 6.07) is 0. The molecule has 1 aliphatic rings. The predicted octanol–water partition coefficient (Wildman–Crippen LogP) is 1.69. The third-order valence-electron chi connectivity index (χ3n) is 1.81. The van der Waals surface area contributed by atoms with Crippen LogP contribution < -0.4 is 0 Å². The van der Waals surface area contributed by atoms with E-state index >= 15 is 0 Å². The highest BCUT2D eigenvalue weighted by Crippen LogP contribution is 2.09. The van der Waals surface area contributed by atoms with Gasteiger partial charge in [-0.2, -0.15) is 5.10 Å². The Bertz CT molecular complexity index is 315. The van der Waals surface area contributed by atoms with Crippen LogP contribution in [0.25, 0.3) is 6.08 Å². The van der Waals surface area contributed by atoms with E-state index in [-0.39, 0.29) is 0 Å². The molecular formula is C9H11N3. The average Bonchev–Trinajstić information content (AvgIpc) is 2.31. The van der Waals surface area contributed by atoms with Crippen LogP contribution in [0.4, 0.5) is 0 Å². The van der Waals surface area contributed by atoms with Gasteiger partial charge in [0, 0.05) is 12.1 Å². The van der Waals surface area contributed by atoms with Crippen molar-refractivity contribution in [2.45, 2.75) is 13.8 Å². The summed E-state index contributed by atoms with van der Waals surface area (Å²) in [4.78, 5) is 4.31. The molecule has 0 saturated heterocycles. The van der Waals surface area contributed by atoms with Crippen LogP contribution in [0.15, 0.2) is 17.4 Å². The van der Waals surface area contributed by atoms with Gasteiger partial charge in [0.2, 0.25) is 0 Å². The Kier molecular flexibility index (Phi) is 1.57. The van der Waals surface area contributed by atoms with Crippen molar-refractivity contribution in [2.24, 2.45) is 11.0 Å². The van der Waals surface area contributed by atoms with Crippen LogP contribution >= 0.6 is 0 Å². The topological polar surface area (TPSA) is 30.2 Å². The van der Waals surface area contributed by atoms with E-state index in [1.165, 1.54) is 0 Å². The molecule has 0 amide bonds. The fourth-order valence-corrected chi connectivity index (χ4v) is 1.17. The second-order valence-corrected chi connectivity index (χ2v) is 3.07. The van der Waals surface area contributed by atoms with Crippen LogP contribution in [-0.2, 0) is 0 Å². The van der Waals surface area contributed by atoms with Crippen molar-refractivity contribution >= 4 is 12.3 Å². The second kappa shape index (κ2) is 2.59. The lowest BCUT2D eigenvalue weighted by molar-refractivity contribution is 0.860. The molecule has 12 heavy (non-hydrogen) atoms. The Morgan fingerprint density at radius 2 is 2.33 bits per heavy atom. The fourth-order valence-electron chi connectivity index (χ4n) is 1.17. The lowest BCUT2D eigenvalue weighted by Crippen LogP contribution is -1.91. The predicted molar refractivity (Wildman–Crippen MR) is 49.1 cm³/mol. The largest absolute Gasteiger partial charge is 0.232 e. The Labute approximate surface area is 71.4 Å². The summed E-state index contributed by atoms with van der Waals surface area (Å²) < 4.78 is 1.80. The Hall–Kier alpha value is -1.38. The number of rotatable bonds is 0. The van der Waals surface area contributed by atoms with Crippen molar-refractivity contribution in [1.29, 1.82) is 0 Å². The zero-order valence-corrected chi connectivity index (χ0v) is 7.23. The zero-order chi connectivity index (χ0) is 8.55. The maximum Gasteiger partial charge on any atom is 0.153 e. The van der Waals surface area contributed by atoms with E-state index in [1.54, 1.807) is 4.68 Å². The maximum atomic E-state index is 4.31. The fraction of sp³-hybridized carbons (Fsp3) is 0.333. The zero-order valence-electron chi connectivity index (χ0n) is 7.23. The van der Waals surface area contributed by atoms with Crippen molar-refractivity contribution in [3.8, 4) is 0 Å². The van der Waals surface area contributed by atoms with Gasteiger partial charge in [-0.1, -0.05) is 13.0 Å². The molecular weight excluding hydrogens is 150 g/mol. The van der Waals surface area contributed by atoms with Crippen molar-refractivity contribution in [1.82, 2.24) is 9.66 Å². The Morgan fingerprint density at radius 3 is 3.17 bits per heavy atom. The molecule has 1 atom stereocenters. The lowest BCUT2D eigenvalue weighted by Gasteiger charge is -1.92. The van der Waals surface area contributed by atoms with Gasteiger partial charge in [-0.3, -0.25) is 0 Å². The average molecular weight is 161 g/mol. The molecule has 1 aliphatic heterocycles. The number of allylic oxidation sites excluding steroid dienone is 1. The Morgan fingerprint density at radius 1 is 1.50 bits per heavy atom. The minimum Gasteiger partial charge on any atom is -0.232 e. The molecule has 0 spiro atoms. The van der Waals surface area contributed by atoms with Gasteiger partial charge < -0.3 is 0 Å². The molecule has 0 N–H and O–H groups in total. The summed E-state index contributed by atoms with van der Waals surface area (Å²) in [5.41, 5.74) is 1.00. The van der Waals surface area contributed by atoms with Crippen molar-refractivity contribution in [3.05, 3.63) is 23.8 Å². The standard InChI is InChI=1S/C9H11N3/c1-7-3-4-9-11-8(2)6-12(9)10-5-7/h3-7H,1-2H3. The second-order valence-electron chi connectivity index (χ2n) is 3.07. The highest BCUT2D eigenvalue weighted by atomic mass is 15.4. The number of fused-ring (bicyclic) bond motifs is 1. The van der Waals surface area contributed by atoms with Crippen LogP contribution in [-0.4, -0.2) is 15.9 Å². The summed E-state index contributed by atoms with van der Waals surface area (Å²) in [6.45, 7) is 4.06. The first-order chi connectivity index (χ1) is 5.75. The van der Waals surface area contributed by atoms with Crippen molar-refractivity contribution < 1.29 is 0 Å². The molecule has 0 bridgehead atoms. The first-order valence-corrected chi connectivity index (χ1v) is 4.04. The number of aromatic nitrogens is 2. The number of nitrogens with zero attached hydrogens (tertiary/aromatic N) is 3. The third kappa shape index (κ3) is 1.18. The molecule has 0 saturated carbocycles. The first kappa shape index (κ1) is 7.28. The summed E-state index contributed by atoms with van der Waals surface area (Å²) in [5, 5.41) is 4.26. The van der Waals surface area contributed by atoms with E-state index < -0.39 is 0 Å². The normalized spacial score (nSPS) is 20.7. The summed E-state index contributed by atoms with van der Waals surface area (Å²) >= 11 is 0. The molecule has 62 valence electrons. The van der Waals surface area contributed by atoms with E-state index in [1.807, 2.05) is 25.4 Å². The van der Waals surface area contributed by atoms with Crippen LogP contribution in [0, 0.1) is 12.8 Å². The minimum absolute atomic E-state index is 0.395. The quantitative estimate of drug-likeness (QED) is 0.569. The summed E-state index contributed by atoms with van der Waals surface area (Å²) in [7, 11) is 0. The number of hydrogen-bond donors (Lipinski definition) is 0. The van der Waals surface area contributed by atoms with E-state index in [2.05, 4.69) is 23.1 Å². The van der Waals surface area contributed by atoms with Crippen LogP contribution in [0.2, 0.25) is 0 Å². The molecule has 3 heteroatoms. The summed E-state index contributed by atoms with van der Waals surface area (Å²) in [5.74, 6) is 1.31. The van der Waals surface area contributed by atoms with Gasteiger partial charge in [-0.15, -0.1) is 0 Å². The molecule has 1 aromatic rings. The molecule has 0 fully saturated rings. The van der Waals surface area contributed by atoms with E-state index in [0.717, 1.165) is 11.5 Å². The number of imidazole rings is 1. The molecule has 0 aliphatic carbocycles. The molecule has 0 aromatic carbocycles. The lowest BCUT2D eigenvalue weighted by atomic mass is 10.2. The molecule has 1 aromatic heterocycles. The molecule has 0 radical (unpaired) electrons. The smallest absolute Gasteiger partial charge is 0.153 e. The van der Waals surface area contributed by atoms with E-state index in [0.29, 0.717) is 5.92 Å². The minimum atomic E-state index is 0.395. The van der Waals surface area contributed by atoms with Gasteiger partial charge >= 0.3 is 0 Å². The van der Waals surface area contributed by atoms with Gasteiger partial charge in [0.1, 0.15) is 0 Å². The first-order valence-electron chi connectivity index (χ1n) is 4.04. The summed E-state index contributed by atoms with van der Waals surface area (Å²) in [6.07, 6.45) is 7.93. The van der Waals surface area contributed by atoms with Crippen molar-refractivity contribution in [3.63, 3.8) is 0 Å². The van der Waals surface area contributed by atoms with Crippen LogP contribution in [0.1, 0.15) is 18.4 Å². The number of hydrogen-bond acceptors (Lipinski definition) is 2. The molecule has 3 nitrogen and oxygen atoms in total.